The van der Waals surface area contributed by atoms with E-state index in [0.29, 0.717) is 31.1 Å². The van der Waals surface area contributed by atoms with Crippen LogP contribution in [0.3, 0.4) is 0 Å². The van der Waals surface area contributed by atoms with E-state index in [4.69, 9.17) is 4.42 Å². The number of nitrogens with zero attached hydrogens (tertiary/aromatic N) is 2. The number of furan rings is 1. The molecule has 1 aromatic heterocycles. The van der Waals surface area contributed by atoms with E-state index in [1.54, 1.807) is 28.8 Å². The van der Waals surface area contributed by atoms with Gasteiger partial charge >= 0.3 is 0 Å². The topological polar surface area (TPSA) is 82.9 Å². The van der Waals surface area contributed by atoms with Crippen LogP contribution in [-0.2, 0) is 10.0 Å². The molecule has 0 radical (unpaired) electrons. The van der Waals surface area contributed by atoms with E-state index in [2.05, 4.69) is 17.1 Å². The predicted octanol–water partition coefficient (Wildman–Crippen LogP) is 3.31. The van der Waals surface area contributed by atoms with Crippen molar-refractivity contribution in [1.82, 2.24) is 14.5 Å². The predicted molar refractivity (Wildman–Crippen MR) is 123 cm³/mol. The number of ketones is 1. The Labute approximate surface area is 190 Å². The second-order valence-electron chi connectivity index (χ2n) is 8.94. The Kier molecular flexibility index (Phi) is 7.45. The molecule has 3 heterocycles. The smallest absolute Gasteiger partial charge is 0.243 e. The minimum atomic E-state index is -3.57. The fraction of sp³-hybridized carbons (Fsp3) is 0.542. The number of sulfonamides is 1. The first-order valence-electron chi connectivity index (χ1n) is 11.6. The third-order valence-electron chi connectivity index (χ3n) is 6.61. The second-order valence-corrected chi connectivity index (χ2v) is 10.9. The molecule has 1 atom stereocenters. The average molecular weight is 460 g/mol. The maximum atomic E-state index is 13.0. The summed E-state index contributed by atoms with van der Waals surface area (Å²) >= 11 is 0. The summed E-state index contributed by atoms with van der Waals surface area (Å²) in [5.74, 6) is 1.33. The molecule has 1 N–H and O–H groups in total. The lowest BCUT2D eigenvalue weighted by atomic mass is 10.0. The van der Waals surface area contributed by atoms with Crippen molar-refractivity contribution in [1.29, 1.82) is 0 Å². The van der Waals surface area contributed by atoms with Crippen LogP contribution in [-0.4, -0.2) is 62.7 Å². The maximum absolute atomic E-state index is 13.0. The van der Waals surface area contributed by atoms with Gasteiger partial charge in [-0.1, -0.05) is 19.1 Å². The first kappa shape index (κ1) is 23.2. The zero-order chi connectivity index (χ0) is 22.6. The van der Waals surface area contributed by atoms with Crippen molar-refractivity contribution in [2.24, 2.45) is 5.92 Å². The average Bonchev–Trinajstić information content (AvgIpc) is 3.52. The molecule has 2 aromatic rings. The van der Waals surface area contributed by atoms with Gasteiger partial charge in [0, 0.05) is 25.2 Å². The van der Waals surface area contributed by atoms with Crippen LogP contribution in [0.5, 0.6) is 0 Å². The molecule has 0 aliphatic carbocycles. The van der Waals surface area contributed by atoms with Gasteiger partial charge in [-0.05, 0) is 69.0 Å². The molecule has 1 aromatic carbocycles. The first-order chi connectivity index (χ1) is 15.4. The van der Waals surface area contributed by atoms with Crippen molar-refractivity contribution in [3.8, 4) is 0 Å². The number of hydrogen-bond donors (Lipinski definition) is 1. The van der Waals surface area contributed by atoms with Crippen LogP contribution in [0.15, 0.2) is 52.0 Å². The van der Waals surface area contributed by atoms with Crippen LogP contribution in [0.1, 0.15) is 54.8 Å². The lowest BCUT2D eigenvalue weighted by Crippen LogP contribution is -2.38. The lowest BCUT2D eigenvalue weighted by Gasteiger charge is -2.29. The van der Waals surface area contributed by atoms with Crippen molar-refractivity contribution < 1.29 is 17.6 Å². The van der Waals surface area contributed by atoms with Gasteiger partial charge in [-0.15, -0.1) is 0 Å². The molecule has 7 nitrogen and oxygen atoms in total. The Balaban J connectivity index is 1.38. The first-order valence-corrected chi connectivity index (χ1v) is 13.0. The van der Waals surface area contributed by atoms with E-state index in [0.717, 1.165) is 31.7 Å². The minimum Gasteiger partial charge on any atom is -0.468 e. The highest BCUT2D eigenvalue weighted by Crippen LogP contribution is 2.26. The molecule has 0 bridgehead atoms. The van der Waals surface area contributed by atoms with E-state index in [1.807, 2.05) is 12.1 Å². The highest BCUT2D eigenvalue weighted by molar-refractivity contribution is 7.89. The highest BCUT2D eigenvalue weighted by Gasteiger charge is 2.29. The highest BCUT2D eigenvalue weighted by atomic mass is 32.2. The number of likely N-dealkylation sites (tertiary alicyclic amines) is 1. The van der Waals surface area contributed by atoms with Crippen LogP contribution in [0.2, 0.25) is 0 Å². The number of piperidine rings is 1. The van der Waals surface area contributed by atoms with E-state index in [9.17, 15) is 13.2 Å². The maximum Gasteiger partial charge on any atom is 0.243 e. The molecular weight excluding hydrogens is 426 g/mol. The molecule has 2 fully saturated rings. The molecule has 2 aliphatic rings. The SMILES string of the molecule is CC1CCN(S(=O)(=O)c2cccc(C(=O)CNCC(c3ccco3)N3CCCC3)c2)CC1. The van der Waals surface area contributed by atoms with Crippen molar-refractivity contribution >= 4 is 15.8 Å². The van der Waals surface area contributed by atoms with Crippen LogP contribution in [0.4, 0.5) is 0 Å². The largest absolute Gasteiger partial charge is 0.468 e. The molecule has 32 heavy (non-hydrogen) atoms. The summed E-state index contributed by atoms with van der Waals surface area (Å²) in [5, 5.41) is 3.26. The van der Waals surface area contributed by atoms with Gasteiger partial charge in [0.25, 0.3) is 0 Å². The number of Topliss-reactive ketones (excluding diaryl/α,β-unsaturated/α-hetero) is 1. The van der Waals surface area contributed by atoms with Crippen molar-refractivity contribution in [2.75, 3.05) is 39.3 Å². The standard InChI is InChI=1S/C24H33N3O4S/c1-19-9-13-27(14-10-19)32(29,30)21-7-4-6-20(16-21)23(28)18-25-17-22(24-8-5-15-31-24)26-11-2-3-12-26/h4-8,15-16,19,22,25H,2-3,9-14,17-18H2,1H3. The number of rotatable bonds is 9. The van der Waals surface area contributed by atoms with Gasteiger partial charge in [-0.2, -0.15) is 4.31 Å². The zero-order valence-corrected chi connectivity index (χ0v) is 19.5. The van der Waals surface area contributed by atoms with Gasteiger partial charge in [0.1, 0.15) is 5.76 Å². The molecule has 1 unspecified atom stereocenters. The van der Waals surface area contributed by atoms with E-state index >= 15 is 0 Å². The summed E-state index contributed by atoms with van der Waals surface area (Å²) in [7, 11) is -3.57. The van der Waals surface area contributed by atoms with Crippen LogP contribution in [0, 0.1) is 5.92 Å². The Hall–Kier alpha value is -2.00. The monoisotopic (exact) mass is 459 g/mol. The molecule has 0 saturated carbocycles. The van der Waals surface area contributed by atoms with Gasteiger partial charge in [-0.3, -0.25) is 9.69 Å². The summed E-state index contributed by atoms with van der Waals surface area (Å²) in [4.78, 5) is 15.4. The molecule has 8 heteroatoms. The normalized spacial score (nSPS) is 19.9. The summed E-state index contributed by atoms with van der Waals surface area (Å²) in [6.07, 6.45) is 5.77. The summed E-state index contributed by atoms with van der Waals surface area (Å²) in [6, 6.07) is 10.4. The van der Waals surface area contributed by atoms with Gasteiger partial charge in [0.15, 0.2) is 5.78 Å². The summed E-state index contributed by atoms with van der Waals surface area (Å²) in [6.45, 7) is 6.02. The number of carbonyl (C=O) groups is 1. The molecular formula is C24H33N3O4S. The van der Waals surface area contributed by atoms with E-state index in [1.165, 1.54) is 18.9 Å². The third kappa shape index (κ3) is 5.31. The Morgan fingerprint density at radius 2 is 1.88 bits per heavy atom. The van der Waals surface area contributed by atoms with Gasteiger partial charge in [-0.25, -0.2) is 8.42 Å². The molecule has 174 valence electrons. The fourth-order valence-corrected chi connectivity index (χ4v) is 6.09. The number of nitrogens with one attached hydrogen (secondary N) is 1. The Morgan fingerprint density at radius 1 is 1.12 bits per heavy atom. The van der Waals surface area contributed by atoms with Crippen LogP contribution < -0.4 is 5.32 Å². The quantitative estimate of drug-likeness (QED) is 0.580. The van der Waals surface area contributed by atoms with E-state index < -0.39 is 10.0 Å². The molecule has 2 aliphatic heterocycles. The molecule has 0 spiro atoms. The molecule has 4 rings (SSSR count). The zero-order valence-electron chi connectivity index (χ0n) is 18.7. The molecule has 0 amide bonds. The Morgan fingerprint density at radius 3 is 2.56 bits per heavy atom. The lowest BCUT2D eigenvalue weighted by molar-refractivity contribution is 0.0986. The van der Waals surface area contributed by atoms with Crippen LogP contribution >= 0.6 is 0 Å². The van der Waals surface area contributed by atoms with Crippen molar-refractivity contribution in [3.05, 3.63) is 54.0 Å². The minimum absolute atomic E-state index is 0.0912. The second kappa shape index (κ2) is 10.3. The van der Waals surface area contributed by atoms with Crippen LogP contribution in [0.25, 0.3) is 0 Å². The number of hydrogen-bond acceptors (Lipinski definition) is 6. The van der Waals surface area contributed by atoms with Gasteiger partial charge in [0.05, 0.1) is 23.7 Å². The van der Waals surface area contributed by atoms with Gasteiger partial charge < -0.3 is 9.73 Å². The van der Waals surface area contributed by atoms with Gasteiger partial charge in [0.2, 0.25) is 10.0 Å². The van der Waals surface area contributed by atoms with Crippen molar-refractivity contribution in [3.63, 3.8) is 0 Å². The molecule has 2 saturated heterocycles. The van der Waals surface area contributed by atoms with E-state index in [-0.39, 0.29) is 23.3 Å². The fourth-order valence-electron chi connectivity index (χ4n) is 4.57. The number of carbonyl (C=O) groups excluding carboxylic acids is 1. The Bertz CT molecular complexity index is 992. The summed E-state index contributed by atoms with van der Waals surface area (Å²) < 4.78 is 33.2. The summed E-state index contributed by atoms with van der Waals surface area (Å²) in [5.41, 5.74) is 0.416. The van der Waals surface area contributed by atoms with Crippen molar-refractivity contribution in [2.45, 2.75) is 43.5 Å². The number of benzene rings is 1. The third-order valence-corrected chi connectivity index (χ3v) is 8.51.